The Morgan fingerprint density at radius 2 is 1.82 bits per heavy atom. The van der Waals surface area contributed by atoms with Crippen LogP contribution in [0.1, 0.15) is 27.6 Å². The summed E-state index contributed by atoms with van der Waals surface area (Å²) in [6, 6.07) is 1.72. The summed E-state index contributed by atoms with van der Waals surface area (Å²) in [7, 11) is 3.06. The van der Waals surface area contributed by atoms with E-state index in [1.165, 1.54) is 16.4 Å². The molecule has 0 spiro atoms. The summed E-state index contributed by atoms with van der Waals surface area (Å²) in [4.78, 5) is 16.0. The third-order valence-corrected chi connectivity index (χ3v) is 3.53. The van der Waals surface area contributed by atoms with Crippen LogP contribution in [0.25, 0.3) is 0 Å². The molecule has 0 aliphatic heterocycles. The number of hydrogen-bond donors (Lipinski definition) is 1. The maximum Gasteiger partial charge on any atom is 0.433 e. The molecule has 3 heterocycles. The zero-order chi connectivity index (χ0) is 20.3. The second kappa shape index (κ2) is 7.63. The van der Waals surface area contributed by atoms with Crippen molar-refractivity contribution >= 4 is 11.9 Å². The number of nitrogens with one attached hydrogen (secondary N) is 1. The van der Waals surface area contributed by atoms with E-state index in [1.807, 2.05) is 0 Å². The lowest BCUT2D eigenvalue weighted by Gasteiger charge is -2.12. The van der Waals surface area contributed by atoms with Gasteiger partial charge in [0.15, 0.2) is 5.82 Å². The lowest BCUT2D eigenvalue weighted by molar-refractivity contribution is -0.141. The molecule has 3 aromatic heterocycles. The van der Waals surface area contributed by atoms with E-state index in [9.17, 15) is 18.0 Å². The van der Waals surface area contributed by atoms with Crippen LogP contribution in [0, 0.1) is 0 Å². The predicted octanol–water partition coefficient (Wildman–Crippen LogP) is 0.116. The third kappa shape index (κ3) is 4.25. The first-order valence-electron chi connectivity index (χ1n) is 7.65. The molecular weight excluding hydrogens is 385 g/mol. The monoisotopic (exact) mass is 398 g/mol. The van der Waals surface area contributed by atoms with Crippen molar-refractivity contribution in [2.45, 2.75) is 19.4 Å². The summed E-state index contributed by atoms with van der Waals surface area (Å²) in [5, 5.41) is 23.6. The number of ether oxygens (including phenoxy) is 1. The van der Waals surface area contributed by atoms with E-state index >= 15 is 0 Å². The van der Waals surface area contributed by atoms with Gasteiger partial charge in [-0.05, 0) is 33.0 Å². The number of tetrazole rings is 2. The lowest BCUT2D eigenvalue weighted by Crippen LogP contribution is -2.20. The minimum atomic E-state index is -4.68. The van der Waals surface area contributed by atoms with Crippen LogP contribution >= 0.6 is 0 Å². The molecule has 28 heavy (non-hydrogen) atoms. The van der Waals surface area contributed by atoms with Crippen molar-refractivity contribution in [1.29, 1.82) is 0 Å². The van der Waals surface area contributed by atoms with Crippen LogP contribution in [0.15, 0.2) is 12.1 Å². The second-order valence-electron chi connectivity index (χ2n) is 5.48. The number of aromatic nitrogens is 9. The van der Waals surface area contributed by atoms with Gasteiger partial charge in [-0.25, -0.2) is 14.3 Å². The minimum Gasteiger partial charge on any atom is -0.367 e. The van der Waals surface area contributed by atoms with Gasteiger partial charge in [-0.1, -0.05) is 5.10 Å². The van der Waals surface area contributed by atoms with E-state index in [-0.39, 0.29) is 30.4 Å². The Bertz CT molecular complexity index is 983. The fourth-order valence-electron chi connectivity index (χ4n) is 2.09. The number of pyridine rings is 1. The number of hydrogen-bond acceptors (Lipinski definition) is 9. The molecule has 0 bridgehead atoms. The molecule has 0 saturated heterocycles. The molecule has 3 rings (SSSR count). The average Bonchev–Trinajstić information content (AvgIpc) is 3.22. The van der Waals surface area contributed by atoms with Crippen molar-refractivity contribution in [3.8, 4) is 0 Å². The maximum atomic E-state index is 13.0. The summed E-state index contributed by atoms with van der Waals surface area (Å²) in [6.07, 6.45) is -4.68. The summed E-state index contributed by atoms with van der Waals surface area (Å²) < 4.78 is 46.9. The maximum absolute atomic E-state index is 13.0. The van der Waals surface area contributed by atoms with Crippen LogP contribution in [-0.4, -0.2) is 51.3 Å². The van der Waals surface area contributed by atoms with Crippen molar-refractivity contribution in [3.63, 3.8) is 0 Å². The number of amides is 1. The summed E-state index contributed by atoms with van der Waals surface area (Å²) in [5.41, 5.74) is -1.48. The fourth-order valence-corrected chi connectivity index (χ4v) is 2.09. The van der Waals surface area contributed by atoms with Gasteiger partial charge in [-0.3, -0.25) is 10.1 Å². The molecule has 1 N–H and O–H groups in total. The highest BCUT2D eigenvalue weighted by Gasteiger charge is 2.33. The summed E-state index contributed by atoms with van der Waals surface area (Å²) in [6.45, 7) is -0.466. The Labute approximate surface area is 154 Å². The highest BCUT2D eigenvalue weighted by atomic mass is 19.4. The van der Waals surface area contributed by atoms with Crippen LogP contribution in [0.2, 0.25) is 0 Å². The topological polar surface area (TPSA) is 138 Å². The second-order valence-corrected chi connectivity index (χ2v) is 5.48. The molecule has 0 radical (unpaired) electrons. The van der Waals surface area contributed by atoms with Crippen molar-refractivity contribution in [1.82, 2.24) is 45.4 Å². The Morgan fingerprint density at radius 3 is 2.43 bits per heavy atom. The largest absolute Gasteiger partial charge is 0.433 e. The molecule has 1 amide bonds. The van der Waals surface area contributed by atoms with Crippen molar-refractivity contribution < 1.29 is 22.7 Å². The predicted molar refractivity (Wildman–Crippen MR) is 83.3 cm³/mol. The standard InChI is InChI=1S/C13H13F3N10O2/c1-25-10(19-21-23-25)6-28-5-8-7(3-4-9(17-8)13(14,15)16)11(27)18-12-20-22-24-26(12)2/h3-4H,5-6H2,1-2H3,(H,18,20,24,27). The van der Waals surface area contributed by atoms with Crippen LogP contribution in [0.4, 0.5) is 19.1 Å². The number of aryl methyl sites for hydroxylation is 2. The molecule has 0 unspecified atom stereocenters. The Morgan fingerprint density at radius 1 is 1.11 bits per heavy atom. The number of anilines is 1. The zero-order valence-corrected chi connectivity index (χ0v) is 14.5. The quantitative estimate of drug-likeness (QED) is 0.613. The van der Waals surface area contributed by atoms with Gasteiger partial charge < -0.3 is 4.74 Å². The molecule has 15 heteroatoms. The Hall–Kier alpha value is -3.49. The molecule has 0 saturated carbocycles. The zero-order valence-electron chi connectivity index (χ0n) is 14.5. The van der Waals surface area contributed by atoms with Gasteiger partial charge in [0.1, 0.15) is 12.3 Å². The minimum absolute atomic E-state index is 0.0157. The molecule has 0 fully saturated rings. The molecule has 12 nitrogen and oxygen atoms in total. The summed E-state index contributed by atoms with van der Waals surface area (Å²) >= 11 is 0. The van der Waals surface area contributed by atoms with Gasteiger partial charge in [0, 0.05) is 14.1 Å². The van der Waals surface area contributed by atoms with Crippen LogP contribution in [0.3, 0.4) is 0 Å². The van der Waals surface area contributed by atoms with E-state index in [4.69, 9.17) is 4.74 Å². The third-order valence-electron chi connectivity index (χ3n) is 3.53. The lowest BCUT2D eigenvalue weighted by atomic mass is 10.1. The Balaban J connectivity index is 1.82. The van der Waals surface area contributed by atoms with Gasteiger partial charge in [0.2, 0.25) is 5.95 Å². The first-order valence-corrected chi connectivity index (χ1v) is 7.65. The number of nitrogens with zero attached hydrogens (tertiary/aromatic N) is 9. The van der Waals surface area contributed by atoms with E-state index < -0.39 is 17.8 Å². The van der Waals surface area contributed by atoms with Gasteiger partial charge in [-0.15, -0.1) is 5.10 Å². The molecule has 3 aromatic rings. The molecule has 0 aliphatic rings. The number of carbonyl (C=O) groups is 1. The van der Waals surface area contributed by atoms with Crippen LogP contribution in [-0.2, 0) is 38.2 Å². The number of carbonyl (C=O) groups excluding carboxylic acids is 1. The normalized spacial score (nSPS) is 11.6. The van der Waals surface area contributed by atoms with Gasteiger partial charge in [0.25, 0.3) is 5.91 Å². The van der Waals surface area contributed by atoms with Crippen molar-refractivity contribution in [2.24, 2.45) is 14.1 Å². The first kappa shape index (κ1) is 19.3. The van der Waals surface area contributed by atoms with Crippen LogP contribution in [0.5, 0.6) is 0 Å². The van der Waals surface area contributed by atoms with Gasteiger partial charge >= 0.3 is 6.18 Å². The van der Waals surface area contributed by atoms with E-state index in [0.717, 1.165) is 6.07 Å². The average molecular weight is 398 g/mol. The number of alkyl halides is 3. The van der Waals surface area contributed by atoms with Crippen LogP contribution < -0.4 is 5.32 Å². The van der Waals surface area contributed by atoms with E-state index in [0.29, 0.717) is 11.9 Å². The molecule has 0 aromatic carbocycles. The highest BCUT2D eigenvalue weighted by molar-refractivity contribution is 6.04. The van der Waals surface area contributed by atoms with Crippen molar-refractivity contribution in [3.05, 3.63) is 34.9 Å². The molecule has 0 aliphatic carbocycles. The SMILES string of the molecule is Cn1nnnc1COCc1nc(C(F)(F)F)ccc1C(=O)Nc1nnnn1C. The molecular formula is C13H13F3N10O2. The number of halogens is 3. The van der Waals surface area contributed by atoms with E-state index in [1.54, 1.807) is 7.05 Å². The first-order chi connectivity index (χ1) is 13.3. The fraction of sp³-hybridized carbons (Fsp3) is 0.385. The van der Waals surface area contributed by atoms with E-state index in [2.05, 4.69) is 41.4 Å². The number of rotatable bonds is 6. The molecule has 0 atom stereocenters. The Kier molecular flexibility index (Phi) is 5.25. The van der Waals surface area contributed by atoms with Gasteiger partial charge in [0.05, 0.1) is 17.9 Å². The molecule has 148 valence electrons. The summed E-state index contributed by atoms with van der Waals surface area (Å²) in [5.74, 6) is -0.372. The van der Waals surface area contributed by atoms with Gasteiger partial charge in [-0.2, -0.15) is 13.2 Å². The van der Waals surface area contributed by atoms with Crippen molar-refractivity contribution in [2.75, 3.05) is 5.32 Å². The smallest absolute Gasteiger partial charge is 0.367 e. The highest BCUT2D eigenvalue weighted by Crippen LogP contribution is 2.28.